The van der Waals surface area contributed by atoms with Crippen LogP contribution in [0.15, 0.2) is 90.9 Å². The lowest BCUT2D eigenvalue weighted by atomic mass is 9.85. The molecule has 39 heavy (non-hydrogen) atoms. The molecule has 0 amide bonds. The topological polar surface area (TPSA) is 29.5 Å². The number of terminal acetylenes is 1. The van der Waals surface area contributed by atoms with E-state index < -0.39 is 29.5 Å². The fourth-order valence-corrected chi connectivity index (χ4v) is 4.15. The van der Waals surface area contributed by atoms with Gasteiger partial charge in [-0.25, -0.2) is 4.39 Å². The Morgan fingerprint density at radius 3 is 2.13 bits per heavy atom. The second-order valence-electron chi connectivity index (χ2n) is 8.25. The van der Waals surface area contributed by atoms with Crippen LogP contribution in [-0.2, 0) is 5.60 Å². The Balaban J connectivity index is 1.95. The van der Waals surface area contributed by atoms with E-state index in [4.69, 9.17) is 11.2 Å². The lowest BCUT2D eigenvalue weighted by Crippen LogP contribution is -2.49. The van der Waals surface area contributed by atoms with Crippen LogP contribution in [0.4, 0.5) is 26.3 Å². The minimum Gasteiger partial charge on any atom is -0.490 e. The molecule has 1 atom stereocenters. The summed E-state index contributed by atoms with van der Waals surface area (Å²) in [5.74, 6) is -3.25. The first-order valence-electron chi connectivity index (χ1n) is 11.3. The van der Waals surface area contributed by atoms with E-state index in [0.29, 0.717) is 22.3 Å². The summed E-state index contributed by atoms with van der Waals surface area (Å²) in [5, 5.41) is 11.2. The zero-order valence-corrected chi connectivity index (χ0v) is 21.1. The first-order valence-corrected chi connectivity index (χ1v) is 12.1. The molecule has 0 bridgehead atoms. The predicted octanol–water partition coefficient (Wildman–Crippen LogP) is 8.34. The van der Waals surface area contributed by atoms with E-state index in [9.17, 15) is 31.4 Å². The van der Waals surface area contributed by atoms with Crippen molar-refractivity contribution in [3.05, 3.63) is 114 Å². The smallest absolute Gasteiger partial charge is 0.446 e. The molecule has 0 aromatic heterocycles. The number of ether oxygens (including phenoxy) is 1. The van der Waals surface area contributed by atoms with Crippen molar-refractivity contribution in [3.63, 3.8) is 0 Å². The normalized spacial score (nSPS) is 13.7. The summed E-state index contributed by atoms with van der Waals surface area (Å²) in [5.41, 5.74) is -5.58. The molecule has 9 heteroatoms. The Morgan fingerprint density at radius 2 is 1.59 bits per heavy atom. The van der Waals surface area contributed by atoms with Crippen LogP contribution in [0.2, 0.25) is 0 Å². The van der Waals surface area contributed by atoms with E-state index in [1.165, 1.54) is 42.3 Å². The molecular formula is C30H22F6O2S. The number of halogens is 6. The van der Waals surface area contributed by atoms with Gasteiger partial charge in [0.25, 0.3) is 0 Å². The first-order chi connectivity index (χ1) is 18.3. The van der Waals surface area contributed by atoms with Gasteiger partial charge in [0.05, 0.1) is 0 Å². The molecule has 0 radical (unpaired) electrons. The average Bonchev–Trinajstić information content (AvgIpc) is 2.90. The first kappa shape index (κ1) is 29.7. The summed E-state index contributed by atoms with van der Waals surface area (Å²) in [4.78, 5) is -0.127. The van der Waals surface area contributed by atoms with Crippen molar-refractivity contribution in [2.24, 2.45) is 0 Å². The van der Waals surface area contributed by atoms with Crippen LogP contribution in [0.1, 0.15) is 22.3 Å². The van der Waals surface area contributed by atoms with Crippen molar-refractivity contribution >= 4 is 29.5 Å². The van der Waals surface area contributed by atoms with Crippen molar-refractivity contribution in [1.82, 2.24) is 0 Å². The van der Waals surface area contributed by atoms with Crippen LogP contribution in [0.3, 0.4) is 0 Å². The van der Waals surface area contributed by atoms with Crippen LogP contribution in [0.25, 0.3) is 17.7 Å². The average molecular weight is 561 g/mol. The lowest BCUT2D eigenvalue weighted by Gasteiger charge is -2.33. The molecule has 1 N–H and O–H groups in total. The van der Waals surface area contributed by atoms with E-state index >= 15 is 0 Å². The predicted molar refractivity (Wildman–Crippen MR) is 143 cm³/mol. The summed E-state index contributed by atoms with van der Waals surface area (Å²) in [6.07, 6.45) is 9.68. The number of hydrogen-bond donors (Lipinski definition) is 1. The SMILES string of the molecule is C#CC(F)(F)C(O)(COc1ccc(SC(F)(F)F)cc1)c1ccc(C=C(C=C)c2ccc(F)cc2)c(C=C)c1. The van der Waals surface area contributed by atoms with Gasteiger partial charge >= 0.3 is 11.4 Å². The number of rotatable bonds is 10. The second-order valence-corrected chi connectivity index (χ2v) is 9.38. The molecule has 0 saturated carbocycles. The largest absolute Gasteiger partial charge is 0.490 e. The van der Waals surface area contributed by atoms with Crippen LogP contribution in [-0.4, -0.2) is 23.1 Å². The Bertz CT molecular complexity index is 1400. The minimum absolute atomic E-state index is 0.0498. The maximum Gasteiger partial charge on any atom is 0.446 e. The van der Waals surface area contributed by atoms with Crippen molar-refractivity contribution in [3.8, 4) is 18.1 Å². The maximum atomic E-state index is 14.9. The molecule has 3 aromatic rings. The highest BCUT2D eigenvalue weighted by atomic mass is 32.2. The number of hydrogen-bond acceptors (Lipinski definition) is 3. The number of allylic oxidation sites excluding steroid dienone is 2. The van der Waals surface area contributed by atoms with Crippen LogP contribution in [0.5, 0.6) is 5.75 Å². The zero-order chi connectivity index (χ0) is 28.8. The summed E-state index contributed by atoms with van der Waals surface area (Å²) < 4.78 is 86.2. The van der Waals surface area contributed by atoms with Gasteiger partial charge < -0.3 is 9.84 Å². The van der Waals surface area contributed by atoms with E-state index in [1.807, 2.05) is 0 Å². The van der Waals surface area contributed by atoms with Gasteiger partial charge in [-0.3, -0.25) is 0 Å². The van der Waals surface area contributed by atoms with Crippen LogP contribution >= 0.6 is 11.8 Å². The molecule has 0 heterocycles. The molecule has 0 spiro atoms. The Morgan fingerprint density at radius 1 is 0.949 bits per heavy atom. The van der Waals surface area contributed by atoms with Gasteiger partial charge in [0, 0.05) is 4.90 Å². The monoisotopic (exact) mass is 560 g/mol. The van der Waals surface area contributed by atoms with Gasteiger partial charge in [-0.1, -0.05) is 49.6 Å². The molecule has 3 aromatic carbocycles. The van der Waals surface area contributed by atoms with Gasteiger partial charge in [0.2, 0.25) is 0 Å². The Kier molecular flexibility index (Phi) is 9.05. The quantitative estimate of drug-likeness (QED) is 0.0889. The van der Waals surface area contributed by atoms with Gasteiger partial charge in [-0.2, -0.15) is 22.0 Å². The van der Waals surface area contributed by atoms with Crippen molar-refractivity contribution < 1.29 is 36.2 Å². The van der Waals surface area contributed by atoms with Crippen LogP contribution < -0.4 is 4.74 Å². The van der Waals surface area contributed by atoms with E-state index in [-0.39, 0.29) is 28.0 Å². The molecule has 0 aliphatic heterocycles. The number of benzene rings is 3. The summed E-state index contributed by atoms with van der Waals surface area (Å²) >= 11 is -0.340. The number of alkyl halides is 5. The van der Waals surface area contributed by atoms with Crippen molar-refractivity contribution in [1.29, 1.82) is 0 Å². The minimum atomic E-state index is -4.49. The molecule has 202 valence electrons. The van der Waals surface area contributed by atoms with Gasteiger partial charge in [0.15, 0.2) is 5.60 Å². The highest BCUT2D eigenvalue weighted by Gasteiger charge is 2.54. The third kappa shape index (κ3) is 7.16. The molecule has 0 aliphatic rings. The fourth-order valence-electron chi connectivity index (χ4n) is 3.61. The van der Waals surface area contributed by atoms with E-state index in [0.717, 1.165) is 24.3 Å². The standard InChI is InChI=1S/C30H22F6O2S/c1-4-20(22-8-11-25(31)12-9-22)17-23-7-10-24(18-21(23)5-2)28(37,29(32,33)6-3)19-38-26-13-15-27(16-14-26)39-30(34,35)36/h3-5,7-18,37H,1-2,19H2. The zero-order valence-electron chi connectivity index (χ0n) is 20.3. The molecule has 0 saturated heterocycles. The summed E-state index contributed by atoms with van der Waals surface area (Å²) in [6.45, 7) is 6.47. The number of aliphatic hydroxyl groups is 1. The summed E-state index contributed by atoms with van der Waals surface area (Å²) in [6, 6.07) is 14.2. The molecule has 0 fully saturated rings. The number of thioether (sulfide) groups is 1. The Hall–Kier alpha value is -3.87. The molecule has 3 rings (SSSR count). The highest BCUT2D eigenvalue weighted by molar-refractivity contribution is 8.00. The molecular weight excluding hydrogens is 538 g/mol. The second kappa shape index (κ2) is 11.9. The molecule has 0 aliphatic carbocycles. The van der Waals surface area contributed by atoms with E-state index in [1.54, 1.807) is 24.3 Å². The Labute approximate surface area is 226 Å². The van der Waals surface area contributed by atoms with Gasteiger partial charge in [-0.05, 0) is 94.0 Å². The van der Waals surface area contributed by atoms with Gasteiger partial charge in [0.1, 0.15) is 18.2 Å². The highest BCUT2D eigenvalue weighted by Crippen LogP contribution is 2.40. The third-order valence-electron chi connectivity index (χ3n) is 5.70. The third-order valence-corrected chi connectivity index (χ3v) is 6.44. The fraction of sp³-hybridized carbons (Fsp3) is 0.133. The maximum absolute atomic E-state index is 14.9. The van der Waals surface area contributed by atoms with E-state index in [2.05, 4.69) is 13.2 Å². The lowest BCUT2D eigenvalue weighted by molar-refractivity contribution is -0.167. The molecule has 2 nitrogen and oxygen atoms in total. The van der Waals surface area contributed by atoms with Crippen molar-refractivity contribution in [2.45, 2.75) is 21.9 Å². The molecule has 1 unspecified atom stereocenters. The van der Waals surface area contributed by atoms with Gasteiger partial charge in [-0.15, -0.1) is 6.42 Å². The van der Waals surface area contributed by atoms with Crippen molar-refractivity contribution in [2.75, 3.05) is 6.61 Å². The van der Waals surface area contributed by atoms with Crippen LogP contribution in [0, 0.1) is 18.2 Å². The summed E-state index contributed by atoms with van der Waals surface area (Å²) in [7, 11) is 0.